The molecule has 1 heterocycles. The fourth-order valence-electron chi connectivity index (χ4n) is 3.95. The predicted molar refractivity (Wildman–Crippen MR) is 130 cm³/mol. The van der Waals surface area contributed by atoms with Crippen molar-refractivity contribution in [3.8, 4) is 33.4 Å². The van der Waals surface area contributed by atoms with Gasteiger partial charge in [-0.2, -0.15) is 0 Å². The lowest BCUT2D eigenvalue weighted by Gasteiger charge is -2.16. The molecule has 1 aliphatic heterocycles. The van der Waals surface area contributed by atoms with Gasteiger partial charge in [0.2, 0.25) is 0 Å². The van der Waals surface area contributed by atoms with Crippen LogP contribution in [-0.2, 0) is 0 Å². The Morgan fingerprint density at radius 2 is 0.969 bits per heavy atom. The second-order valence-electron chi connectivity index (χ2n) is 7.29. The van der Waals surface area contributed by atoms with Crippen LogP contribution >= 0.6 is 0 Å². The molecule has 0 radical (unpaired) electrons. The molecule has 0 N–H and O–H groups in total. The summed E-state index contributed by atoms with van der Waals surface area (Å²) in [6, 6.07) is 33.3. The SMILES string of the molecule is C1=C\N=NN=Nc2ccccc2-c2ccccc2-c2ccccc2-c2ccccc2\C=C/1. The van der Waals surface area contributed by atoms with E-state index in [1.165, 1.54) is 11.1 Å². The Balaban J connectivity index is 1.82. The maximum Gasteiger partial charge on any atom is 0.0954 e. The van der Waals surface area contributed by atoms with Crippen molar-refractivity contribution in [3.63, 3.8) is 0 Å². The van der Waals surface area contributed by atoms with Crippen molar-refractivity contribution in [2.75, 3.05) is 0 Å². The van der Waals surface area contributed by atoms with Gasteiger partial charge in [0.25, 0.3) is 0 Å². The van der Waals surface area contributed by atoms with E-state index < -0.39 is 0 Å². The lowest BCUT2D eigenvalue weighted by molar-refractivity contribution is 0.955. The molecule has 0 aliphatic carbocycles. The van der Waals surface area contributed by atoms with Crippen molar-refractivity contribution < 1.29 is 0 Å². The Morgan fingerprint density at radius 3 is 1.69 bits per heavy atom. The Labute approximate surface area is 187 Å². The van der Waals surface area contributed by atoms with E-state index in [0.29, 0.717) is 0 Å². The van der Waals surface area contributed by atoms with Gasteiger partial charge >= 0.3 is 0 Å². The monoisotopic (exact) mass is 412 g/mol. The molecule has 0 spiro atoms. The molecule has 4 nitrogen and oxygen atoms in total. The second-order valence-corrected chi connectivity index (χ2v) is 7.29. The van der Waals surface area contributed by atoms with Crippen molar-refractivity contribution in [2.24, 2.45) is 20.7 Å². The van der Waals surface area contributed by atoms with Crippen LogP contribution in [0.3, 0.4) is 0 Å². The molecule has 0 unspecified atom stereocenters. The minimum Gasteiger partial charge on any atom is -0.137 e. The molecule has 0 saturated heterocycles. The van der Waals surface area contributed by atoms with Crippen LogP contribution < -0.4 is 0 Å². The predicted octanol–water partition coefficient (Wildman–Crippen LogP) is 8.68. The van der Waals surface area contributed by atoms with Gasteiger partial charge in [0.15, 0.2) is 0 Å². The summed E-state index contributed by atoms with van der Waals surface area (Å²) >= 11 is 0. The first-order valence-corrected chi connectivity index (χ1v) is 10.4. The smallest absolute Gasteiger partial charge is 0.0954 e. The zero-order chi connectivity index (χ0) is 21.6. The number of allylic oxidation sites excluding steroid dienone is 2. The third kappa shape index (κ3) is 3.94. The van der Waals surface area contributed by atoms with E-state index in [-0.39, 0.29) is 0 Å². The fraction of sp³-hybridized carbons (Fsp3) is 0. The maximum absolute atomic E-state index is 4.32. The van der Waals surface area contributed by atoms with Gasteiger partial charge in [-0.1, -0.05) is 103 Å². The molecule has 0 fully saturated rings. The second kappa shape index (κ2) is 9.14. The summed E-state index contributed by atoms with van der Waals surface area (Å²) in [6.45, 7) is 0. The minimum atomic E-state index is 0.743. The van der Waals surface area contributed by atoms with Crippen LogP contribution in [0.25, 0.3) is 39.5 Å². The van der Waals surface area contributed by atoms with Gasteiger partial charge in [0.1, 0.15) is 0 Å². The first-order valence-electron chi connectivity index (χ1n) is 10.4. The maximum atomic E-state index is 4.32. The fourth-order valence-corrected chi connectivity index (χ4v) is 3.95. The Morgan fingerprint density at radius 1 is 0.438 bits per heavy atom. The molecular weight excluding hydrogens is 392 g/mol. The number of hydrogen-bond acceptors (Lipinski definition) is 4. The molecule has 152 valence electrons. The van der Waals surface area contributed by atoms with E-state index in [9.17, 15) is 0 Å². The number of hydrogen-bond donors (Lipinski definition) is 0. The number of benzene rings is 4. The van der Waals surface area contributed by atoms with Gasteiger partial charge in [-0.25, -0.2) is 0 Å². The van der Waals surface area contributed by atoms with E-state index in [2.05, 4.69) is 106 Å². The van der Waals surface area contributed by atoms with Crippen molar-refractivity contribution in [1.29, 1.82) is 0 Å². The summed E-state index contributed by atoms with van der Waals surface area (Å²) in [5.41, 5.74) is 8.61. The molecule has 4 aromatic carbocycles. The normalized spacial score (nSPS) is 14.5. The number of rotatable bonds is 0. The Hall–Kier alpha value is -4.44. The van der Waals surface area contributed by atoms with Crippen LogP contribution in [0.4, 0.5) is 5.69 Å². The van der Waals surface area contributed by atoms with Crippen LogP contribution in [0.1, 0.15) is 5.56 Å². The van der Waals surface area contributed by atoms with E-state index in [0.717, 1.165) is 33.5 Å². The zero-order valence-electron chi connectivity index (χ0n) is 17.3. The van der Waals surface area contributed by atoms with Crippen molar-refractivity contribution in [1.82, 2.24) is 0 Å². The molecule has 4 aromatic rings. The largest absolute Gasteiger partial charge is 0.137 e. The van der Waals surface area contributed by atoms with Gasteiger partial charge in [-0.05, 0) is 56.0 Å². The van der Waals surface area contributed by atoms with Gasteiger partial charge in [0, 0.05) is 5.56 Å². The van der Waals surface area contributed by atoms with Crippen LogP contribution in [-0.4, -0.2) is 0 Å². The lowest BCUT2D eigenvalue weighted by atomic mass is 9.87. The highest BCUT2D eigenvalue weighted by atomic mass is 15.5. The summed E-state index contributed by atoms with van der Waals surface area (Å²) in [6.07, 6.45) is 7.45. The van der Waals surface area contributed by atoms with Crippen LogP contribution in [0.5, 0.6) is 0 Å². The summed E-state index contributed by atoms with van der Waals surface area (Å²) in [5, 5.41) is 16.0. The van der Waals surface area contributed by atoms with E-state index in [4.69, 9.17) is 0 Å². The molecule has 0 atom stereocenters. The third-order valence-electron chi connectivity index (χ3n) is 5.37. The molecule has 0 aromatic heterocycles. The average molecular weight is 412 g/mol. The molecule has 32 heavy (non-hydrogen) atoms. The number of nitrogens with zero attached hydrogens (tertiary/aromatic N) is 4. The van der Waals surface area contributed by atoms with Crippen molar-refractivity contribution in [3.05, 3.63) is 121 Å². The minimum absolute atomic E-state index is 0.743. The van der Waals surface area contributed by atoms with Crippen LogP contribution in [0, 0.1) is 0 Å². The van der Waals surface area contributed by atoms with Crippen molar-refractivity contribution in [2.45, 2.75) is 0 Å². The third-order valence-corrected chi connectivity index (χ3v) is 5.37. The summed E-state index contributed by atoms with van der Waals surface area (Å²) in [5.74, 6) is 0. The van der Waals surface area contributed by atoms with Gasteiger partial charge < -0.3 is 0 Å². The zero-order valence-corrected chi connectivity index (χ0v) is 17.3. The first-order chi connectivity index (χ1) is 15.9. The molecule has 5 rings (SSSR count). The van der Waals surface area contributed by atoms with E-state index >= 15 is 0 Å². The molecular formula is C28H20N4. The number of fused-ring (bicyclic) bond motifs is 7. The molecule has 0 bridgehead atoms. The van der Waals surface area contributed by atoms with Gasteiger partial charge in [-0.3, -0.25) is 0 Å². The molecule has 1 aliphatic rings. The quantitative estimate of drug-likeness (QED) is 0.277. The molecule has 0 amide bonds. The van der Waals surface area contributed by atoms with Gasteiger partial charge in [0.05, 0.1) is 11.9 Å². The first kappa shape index (κ1) is 19.5. The summed E-state index contributed by atoms with van der Waals surface area (Å²) in [7, 11) is 0. The topological polar surface area (TPSA) is 49.4 Å². The van der Waals surface area contributed by atoms with E-state index in [1.807, 2.05) is 30.4 Å². The summed E-state index contributed by atoms with van der Waals surface area (Å²) in [4.78, 5) is 0. The molecule has 4 heteroatoms. The Bertz CT molecular complexity index is 1270. The highest BCUT2D eigenvalue weighted by molar-refractivity contribution is 5.95. The standard InChI is InChI=1S/C28H20N4/c1-2-13-22-21(11-1)12-9-10-20-29-31-32-30-28-19-8-7-18-27(28)26-17-6-5-16-25(26)24-15-4-3-14-23(22)24/h1-20H/b10-9?,12-9-,20-10-,21-12?,23-22?,25-24?,27-26?,29-20?,30-28?,31-29?,32-30?,32-31?. The molecule has 0 saturated carbocycles. The lowest BCUT2D eigenvalue weighted by Crippen LogP contribution is -1.91. The summed E-state index contributed by atoms with van der Waals surface area (Å²) < 4.78 is 0. The highest BCUT2D eigenvalue weighted by Gasteiger charge is 2.15. The van der Waals surface area contributed by atoms with E-state index in [1.54, 1.807) is 6.20 Å². The van der Waals surface area contributed by atoms with Crippen LogP contribution in [0.15, 0.2) is 136 Å². The Kier molecular flexibility index (Phi) is 5.58. The highest BCUT2D eigenvalue weighted by Crippen LogP contribution is 2.41. The van der Waals surface area contributed by atoms with Crippen molar-refractivity contribution >= 4 is 11.8 Å². The van der Waals surface area contributed by atoms with Crippen LogP contribution in [0.2, 0.25) is 0 Å². The van der Waals surface area contributed by atoms with Gasteiger partial charge in [-0.15, -0.1) is 10.2 Å². The average Bonchev–Trinajstić information content (AvgIpc) is 2.86.